The summed E-state index contributed by atoms with van der Waals surface area (Å²) in [5.41, 5.74) is 12.3. The second kappa shape index (κ2) is 62.8. The van der Waals surface area contributed by atoms with E-state index >= 15 is 0 Å². The van der Waals surface area contributed by atoms with Gasteiger partial charge in [-0.05, 0) is 202 Å². The van der Waals surface area contributed by atoms with Crippen LogP contribution in [-0.4, -0.2) is 139 Å². The monoisotopic (exact) mass is 1750 g/mol. The Bertz CT molecular complexity index is 4340. The lowest BCUT2D eigenvalue weighted by molar-refractivity contribution is 0.0797. The number of hydrogen-bond donors (Lipinski definition) is 9. The molecular formula is C98H139F6NO19. The summed E-state index contributed by atoms with van der Waals surface area (Å²) in [5.74, 6) is 3.64. The number of benzene rings is 8. The van der Waals surface area contributed by atoms with Gasteiger partial charge in [-0.1, -0.05) is 153 Å². The Hall–Kier alpha value is -9.21. The first-order valence-corrected chi connectivity index (χ1v) is 41.8. The van der Waals surface area contributed by atoms with E-state index in [1.807, 2.05) is 143 Å². The van der Waals surface area contributed by atoms with Gasteiger partial charge in [0.1, 0.15) is 67.1 Å². The van der Waals surface area contributed by atoms with Crippen molar-refractivity contribution >= 4 is 0 Å². The highest BCUT2D eigenvalue weighted by atomic mass is 19.2. The molecule has 0 aliphatic carbocycles. The summed E-state index contributed by atoms with van der Waals surface area (Å²) in [5, 5.41) is 89.6. The minimum Gasteiger partial charge on any atom is -0.496 e. The van der Waals surface area contributed by atoms with Gasteiger partial charge in [0.15, 0.2) is 41.3 Å². The average Bonchev–Trinajstić information content (AvgIpc) is 0.832. The number of alkyl halides is 2. The molecule has 124 heavy (non-hydrogen) atoms. The van der Waals surface area contributed by atoms with Crippen LogP contribution in [-0.2, 0) is 62.3 Å². The van der Waals surface area contributed by atoms with Crippen LogP contribution in [0.2, 0.25) is 0 Å². The fourth-order valence-electron chi connectivity index (χ4n) is 11.5. The second-order valence-corrected chi connectivity index (χ2v) is 31.0. The zero-order valence-electron chi connectivity index (χ0n) is 76.5. The smallest absolute Gasteiger partial charge is 0.228 e. The number of ether oxygens (including phenoxy) is 10. The number of hydrogen-bond acceptors (Lipinski definition) is 20. The van der Waals surface area contributed by atoms with Gasteiger partial charge >= 0.3 is 0 Å². The first-order chi connectivity index (χ1) is 59.0. The molecule has 9 N–H and O–H groups in total. The molecule has 0 bridgehead atoms. The fraction of sp³-hybridized carbons (Fsp3) is 0.500. The molecule has 0 saturated carbocycles. The Morgan fingerprint density at radius 2 is 0.702 bits per heavy atom. The number of methoxy groups -OCH3 is 2. The summed E-state index contributed by atoms with van der Waals surface area (Å²) in [6.45, 7) is 37.0. The van der Waals surface area contributed by atoms with Crippen LogP contribution in [0.4, 0.5) is 26.3 Å². The van der Waals surface area contributed by atoms with E-state index in [2.05, 4.69) is 66.2 Å². The molecule has 8 aromatic carbocycles. The van der Waals surface area contributed by atoms with Gasteiger partial charge in [0, 0.05) is 41.0 Å². The van der Waals surface area contributed by atoms with E-state index in [0.717, 1.165) is 45.1 Å². The maximum Gasteiger partial charge on any atom is 0.228 e. The van der Waals surface area contributed by atoms with Crippen molar-refractivity contribution in [1.29, 1.82) is 5.26 Å². The molecule has 0 atom stereocenters. The van der Waals surface area contributed by atoms with E-state index in [4.69, 9.17) is 83.6 Å². The molecule has 0 aliphatic heterocycles. The number of halogens is 6. The third-order valence-corrected chi connectivity index (χ3v) is 18.4. The number of nitrogens with zero attached hydrogens (tertiary/aromatic N) is 1. The standard InChI is InChI=1S/2C13H19FO3.C13H20O3.C13H20O2.C12H16F2O2.C12H15NO2.C11H14F2O2.C11H16O2/c1-9(2)12-6-10(7-16)5-11(13(12)14)8-17-4-3-15;1-4-16-10-7-11(9(2)3)13(14)12(8-10)17-6-5-15;1-10(2)11-4-5-13(12(8-11)9-14)16-7-6-15-3;1-9(2)11-5-6-13(15-10(3)4)12(7-11)8-14;1-8(2)10-5-9(7-15)6-11(12(10)14)16-4-3-13;1-9(2)10-3-4-12(15-6-5-13)11(7-10)8-14;1-7(2)9-3-8(5-14)4-10(11(9)13)15-6-12;1-8(2)9-4-5-11(13-3)10(6-9)7-12/h5-6,9,15-16H,3-4,7-8H2,1-2H3;7-9,15H,4-6H2,1-3H3;4-5,8,10,14H,6-7,9H2,1-3H3;5-7,9-10,14H,8H2,1-4H3;5-6,8,15H,3-4,7H2,1-2H3;3-4,7,9,14H,6,8H2,1-2H3;3-4,7,14H,5-6H2,1-2H3;4-6,8,12H,7H2,1-3H3. The highest BCUT2D eigenvalue weighted by Gasteiger charge is 2.20. The third kappa shape index (κ3) is 40.4. The van der Waals surface area contributed by atoms with Gasteiger partial charge in [-0.15, -0.1) is 0 Å². The Balaban J connectivity index is 0.000000709. The van der Waals surface area contributed by atoms with E-state index < -0.39 is 25.2 Å². The highest BCUT2D eigenvalue weighted by Crippen LogP contribution is 2.35. The van der Waals surface area contributed by atoms with Gasteiger partial charge in [0.05, 0.1) is 99.1 Å². The predicted octanol–water partition coefficient (Wildman–Crippen LogP) is 20.1. The third-order valence-electron chi connectivity index (χ3n) is 18.4. The summed E-state index contributed by atoms with van der Waals surface area (Å²) in [6.07, 6.45) is 0.139. The minimum absolute atomic E-state index is 0.00285. The lowest BCUT2D eigenvalue weighted by Crippen LogP contribution is -2.08. The van der Waals surface area contributed by atoms with Crippen LogP contribution in [0.15, 0.2) is 121 Å². The van der Waals surface area contributed by atoms with E-state index in [1.165, 1.54) is 34.9 Å². The number of nitriles is 1. The summed E-state index contributed by atoms with van der Waals surface area (Å²) >= 11 is 0. The van der Waals surface area contributed by atoms with E-state index in [1.54, 1.807) is 50.6 Å². The minimum atomic E-state index is -1.08. The van der Waals surface area contributed by atoms with Gasteiger partial charge in [-0.25, -0.2) is 26.3 Å². The largest absolute Gasteiger partial charge is 0.496 e. The second-order valence-electron chi connectivity index (χ2n) is 31.0. The van der Waals surface area contributed by atoms with Gasteiger partial charge < -0.3 is 93.3 Å². The van der Waals surface area contributed by atoms with Crippen LogP contribution in [0.25, 0.3) is 0 Å². The Kier molecular flexibility index (Phi) is 57.2. The van der Waals surface area contributed by atoms with Crippen molar-refractivity contribution in [3.05, 3.63) is 234 Å². The molecule has 8 rings (SSSR count). The first-order valence-electron chi connectivity index (χ1n) is 41.8. The van der Waals surface area contributed by atoms with Crippen LogP contribution in [0.5, 0.6) is 46.0 Å². The van der Waals surface area contributed by atoms with Gasteiger partial charge in [0.25, 0.3) is 0 Å². The topological polar surface area (TPSA) is 298 Å². The zero-order valence-corrected chi connectivity index (χ0v) is 76.5. The zero-order chi connectivity index (χ0) is 93.7. The lowest BCUT2D eigenvalue weighted by Gasteiger charge is -2.15. The maximum absolute atomic E-state index is 14.0. The van der Waals surface area contributed by atoms with Crippen LogP contribution in [0.1, 0.15) is 268 Å². The van der Waals surface area contributed by atoms with E-state index in [0.29, 0.717) is 99.5 Å². The molecule has 0 amide bonds. The van der Waals surface area contributed by atoms with Gasteiger partial charge in [-0.2, -0.15) is 5.26 Å². The molecule has 0 heterocycles. The molecule has 0 spiro atoms. The van der Waals surface area contributed by atoms with Crippen LogP contribution >= 0.6 is 0 Å². The van der Waals surface area contributed by atoms with Crippen molar-refractivity contribution in [2.45, 2.75) is 238 Å². The molecule has 0 unspecified atom stereocenters. The van der Waals surface area contributed by atoms with Crippen LogP contribution in [0, 0.1) is 34.6 Å². The van der Waals surface area contributed by atoms with Crippen LogP contribution < -0.4 is 37.9 Å². The van der Waals surface area contributed by atoms with Crippen molar-refractivity contribution in [2.75, 3.05) is 87.2 Å². The lowest BCUT2D eigenvalue weighted by atomic mass is 9.97. The van der Waals surface area contributed by atoms with Gasteiger partial charge in [-0.3, -0.25) is 0 Å². The number of rotatable bonds is 38. The normalized spacial score (nSPS) is 10.8. The van der Waals surface area contributed by atoms with Crippen molar-refractivity contribution in [3.8, 4) is 52.1 Å². The summed E-state index contributed by atoms with van der Waals surface area (Å²) in [7, 11) is 3.25. The van der Waals surface area contributed by atoms with Crippen LogP contribution in [0.3, 0.4) is 0 Å². The molecule has 20 nitrogen and oxygen atoms in total. The van der Waals surface area contributed by atoms with Gasteiger partial charge in [0.2, 0.25) is 6.86 Å². The number of aliphatic hydroxyl groups is 9. The summed E-state index contributed by atoms with van der Waals surface area (Å²) in [6, 6.07) is 37.8. The molecule has 26 heteroatoms. The molecule has 0 saturated heterocycles. The first kappa shape index (κ1) is 113. The predicted molar refractivity (Wildman–Crippen MR) is 475 cm³/mol. The van der Waals surface area contributed by atoms with Crippen molar-refractivity contribution in [1.82, 2.24) is 0 Å². The molecule has 0 fully saturated rings. The molecule has 0 aliphatic rings. The van der Waals surface area contributed by atoms with Crippen molar-refractivity contribution in [2.24, 2.45) is 0 Å². The Morgan fingerprint density at radius 3 is 1.06 bits per heavy atom. The molecule has 0 aromatic heterocycles. The molecular weight excluding hydrogens is 1610 g/mol. The molecule has 8 aromatic rings. The highest BCUT2D eigenvalue weighted by molar-refractivity contribution is 5.45. The number of aliphatic hydroxyl groups excluding tert-OH is 9. The molecule has 692 valence electrons. The summed E-state index contributed by atoms with van der Waals surface area (Å²) in [4.78, 5) is 0. The van der Waals surface area contributed by atoms with E-state index in [9.17, 15) is 36.6 Å². The van der Waals surface area contributed by atoms with Crippen molar-refractivity contribution in [3.63, 3.8) is 0 Å². The Labute approximate surface area is 732 Å². The SMILES string of the molecule is CC(C)Oc1ccc(C(C)C)cc1CO.CC(C)c1cc(CO)cc(COCCO)c1F.CC(C)c1cc(CO)cc(OCCF)c1F.CC(C)c1cc(CO)cc(OCF)c1F.CC(C)c1ccc(OCC#N)c(CO)c1.CCOc1cc(OCCO)c(F)c(C(C)C)c1.COCCOc1ccc(C(C)C)cc1CO.COc1ccc(C(C)C)cc1CO. The summed E-state index contributed by atoms with van der Waals surface area (Å²) < 4.78 is 131. The van der Waals surface area contributed by atoms with Crippen molar-refractivity contribution < 1.29 is 120 Å². The molecule has 0 radical (unpaired) electrons. The fourth-order valence-corrected chi connectivity index (χ4v) is 11.5. The quantitative estimate of drug-likeness (QED) is 0.0128. The Morgan fingerprint density at radius 1 is 0.339 bits per heavy atom. The van der Waals surface area contributed by atoms with E-state index in [-0.39, 0.29) is 151 Å². The maximum atomic E-state index is 14.0. The average molecular weight is 1750 g/mol.